The molecule has 4 aromatic rings. The molecule has 1 aromatic carbocycles. The molecule has 0 spiro atoms. The van der Waals surface area contributed by atoms with E-state index in [-0.39, 0.29) is 30.3 Å². The van der Waals surface area contributed by atoms with Crippen LogP contribution in [0.4, 0.5) is 14.9 Å². The van der Waals surface area contributed by atoms with Crippen LogP contribution in [-0.2, 0) is 11.3 Å². The smallest absolute Gasteiger partial charge is 0.319 e. The second-order valence-electron chi connectivity index (χ2n) is 9.19. The highest BCUT2D eigenvalue weighted by molar-refractivity contribution is 7.22. The number of ether oxygens (including phenoxy) is 1. The predicted octanol–water partition coefficient (Wildman–Crippen LogP) is 3.20. The molecule has 3 N–H and O–H groups in total. The zero-order valence-electron chi connectivity index (χ0n) is 20.3. The second-order valence-corrected chi connectivity index (χ2v) is 10.2. The fourth-order valence-corrected chi connectivity index (χ4v) is 5.14. The summed E-state index contributed by atoms with van der Waals surface area (Å²) in [5, 5.41) is 17.0. The van der Waals surface area contributed by atoms with Crippen LogP contribution in [0.3, 0.4) is 0 Å². The van der Waals surface area contributed by atoms with Gasteiger partial charge in [-0.25, -0.2) is 13.9 Å². The van der Waals surface area contributed by atoms with Gasteiger partial charge in [0.2, 0.25) is 5.91 Å². The third-order valence-corrected chi connectivity index (χ3v) is 7.42. The largest absolute Gasteiger partial charge is 0.453 e. The zero-order chi connectivity index (χ0) is 26.1. The molecule has 2 fully saturated rings. The molecule has 1 aliphatic heterocycles. The number of hydrogen-bond acceptors (Lipinski definition) is 8. The molecular formula is C25H25FN8O3S. The molecule has 0 bridgehead atoms. The lowest BCUT2D eigenvalue weighted by Gasteiger charge is -2.27. The van der Waals surface area contributed by atoms with E-state index in [2.05, 4.69) is 31.2 Å². The molecule has 4 heterocycles. The molecule has 13 heteroatoms. The van der Waals surface area contributed by atoms with Crippen molar-refractivity contribution in [3.63, 3.8) is 0 Å². The Morgan fingerprint density at radius 3 is 2.79 bits per heavy atom. The maximum atomic E-state index is 14.8. The third-order valence-electron chi connectivity index (χ3n) is 6.26. The van der Waals surface area contributed by atoms with Gasteiger partial charge in [-0.1, -0.05) is 5.21 Å². The van der Waals surface area contributed by atoms with E-state index in [4.69, 9.17) is 4.74 Å². The van der Waals surface area contributed by atoms with Crippen LogP contribution in [0.5, 0.6) is 11.5 Å². The summed E-state index contributed by atoms with van der Waals surface area (Å²) >= 11 is 1.39. The van der Waals surface area contributed by atoms with Gasteiger partial charge in [0.1, 0.15) is 18.0 Å². The van der Waals surface area contributed by atoms with Gasteiger partial charge in [0.05, 0.1) is 21.3 Å². The van der Waals surface area contributed by atoms with Crippen LogP contribution in [-0.4, -0.2) is 69.0 Å². The van der Waals surface area contributed by atoms with E-state index in [1.54, 1.807) is 24.5 Å². The summed E-state index contributed by atoms with van der Waals surface area (Å²) in [6.45, 7) is 3.06. The van der Waals surface area contributed by atoms with Gasteiger partial charge < -0.3 is 25.6 Å². The van der Waals surface area contributed by atoms with Crippen molar-refractivity contribution in [3.8, 4) is 22.1 Å². The fourth-order valence-electron chi connectivity index (χ4n) is 4.12. The number of benzene rings is 1. The predicted molar refractivity (Wildman–Crippen MR) is 140 cm³/mol. The Labute approximate surface area is 221 Å². The number of thiophene rings is 1. The van der Waals surface area contributed by atoms with Crippen LogP contribution in [0.1, 0.15) is 12.8 Å². The number of aromatic nitrogens is 4. The summed E-state index contributed by atoms with van der Waals surface area (Å²) in [4.78, 5) is 31.5. The maximum absolute atomic E-state index is 14.8. The Balaban J connectivity index is 1.16. The molecule has 0 radical (unpaired) electrons. The summed E-state index contributed by atoms with van der Waals surface area (Å²) in [5.74, 6) is -0.131. The van der Waals surface area contributed by atoms with Gasteiger partial charge in [0.15, 0.2) is 11.6 Å². The average Bonchev–Trinajstić information content (AvgIpc) is 3.41. The van der Waals surface area contributed by atoms with Crippen LogP contribution < -0.4 is 20.7 Å². The topological polar surface area (TPSA) is 126 Å². The Bertz CT molecular complexity index is 1500. The number of pyridine rings is 1. The lowest BCUT2D eigenvalue weighted by molar-refractivity contribution is -0.132. The van der Waals surface area contributed by atoms with Crippen molar-refractivity contribution in [2.24, 2.45) is 0 Å². The van der Waals surface area contributed by atoms with E-state index >= 15 is 0 Å². The number of urea groups is 1. The highest BCUT2D eigenvalue weighted by Crippen LogP contribution is 2.39. The monoisotopic (exact) mass is 536 g/mol. The molecule has 2 aliphatic rings. The van der Waals surface area contributed by atoms with Gasteiger partial charge in [-0.2, -0.15) is 0 Å². The average molecular weight is 537 g/mol. The molecule has 0 atom stereocenters. The quantitative estimate of drug-likeness (QED) is 0.331. The molecule has 0 unspecified atom stereocenters. The molecule has 1 saturated carbocycles. The normalized spacial score (nSPS) is 15.4. The van der Waals surface area contributed by atoms with Crippen molar-refractivity contribution < 1.29 is 18.7 Å². The van der Waals surface area contributed by atoms with Gasteiger partial charge in [-0.3, -0.25) is 9.78 Å². The lowest BCUT2D eigenvalue weighted by Crippen LogP contribution is -2.47. The van der Waals surface area contributed by atoms with Crippen molar-refractivity contribution in [2.45, 2.75) is 25.4 Å². The third kappa shape index (κ3) is 5.43. The Hall–Kier alpha value is -4.10. The van der Waals surface area contributed by atoms with E-state index in [9.17, 15) is 14.0 Å². The standard InChI is InChI=1S/C25H25FN8O3S/c26-17-11-16(30-25(36)29-15-1-2-15)3-4-20(17)37-21-5-6-28-18-12-22(38-24(18)21)19-13-34(32-31-19)14-23(35)33-9-7-27-8-10-33/h3-6,11-13,15,27H,1-2,7-10,14H2,(H2,29,30,36). The van der Waals surface area contributed by atoms with Crippen LogP contribution >= 0.6 is 11.3 Å². The van der Waals surface area contributed by atoms with E-state index in [0.717, 1.165) is 35.5 Å². The summed E-state index contributed by atoms with van der Waals surface area (Å²) in [6, 6.07) is 7.67. The molecule has 11 nitrogen and oxygen atoms in total. The first kappa shape index (κ1) is 24.2. The molecule has 1 aliphatic carbocycles. The number of rotatable bonds is 7. The van der Waals surface area contributed by atoms with Crippen molar-refractivity contribution >= 4 is 39.2 Å². The maximum Gasteiger partial charge on any atom is 0.319 e. The molecule has 38 heavy (non-hydrogen) atoms. The Kier molecular flexibility index (Phi) is 6.60. The van der Waals surface area contributed by atoms with E-state index in [0.29, 0.717) is 35.7 Å². The number of piperazine rings is 1. The number of hydrogen-bond donors (Lipinski definition) is 3. The highest BCUT2D eigenvalue weighted by atomic mass is 32.1. The van der Waals surface area contributed by atoms with Gasteiger partial charge in [0, 0.05) is 56.2 Å². The fraction of sp³-hybridized carbons (Fsp3) is 0.320. The summed E-state index contributed by atoms with van der Waals surface area (Å²) in [5.41, 5.74) is 1.62. The first-order valence-corrected chi connectivity index (χ1v) is 13.2. The minimum absolute atomic E-state index is 0.00318. The van der Waals surface area contributed by atoms with Crippen molar-refractivity contribution in [1.29, 1.82) is 0 Å². The second kappa shape index (κ2) is 10.3. The molecule has 1 saturated heterocycles. The van der Waals surface area contributed by atoms with Crippen LogP contribution in [0.15, 0.2) is 42.7 Å². The van der Waals surface area contributed by atoms with Crippen LogP contribution in [0, 0.1) is 5.82 Å². The number of halogens is 1. The van der Waals surface area contributed by atoms with E-state index in [1.165, 1.54) is 28.2 Å². The molecule has 3 amide bonds. The first-order chi connectivity index (χ1) is 18.5. The summed E-state index contributed by atoms with van der Waals surface area (Å²) in [6.07, 6.45) is 5.26. The number of nitrogens with one attached hydrogen (secondary N) is 3. The minimum Gasteiger partial charge on any atom is -0.453 e. The highest BCUT2D eigenvalue weighted by Gasteiger charge is 2.23. The Morgan fingerprint density at radius 2 is 2.00 bits per heavy atom. The van der Waals surface area contributed by atoms with Gasteiger partial charge >= 0.3 is 6.03 Å². The van der Waals surface area contributed by atoms with Crippen molar-refractivity contribution in [2.75, 3.05) is 31.5 Å². The molecule has 3 aromatic heterocycles. The Morgan fingerprint density at radius 1 is 1.16 bits per heavy atom. The van der Waals surface area contributed by atoms with Crippen LogP contribution in [0.25, 0.3) is 20.8 Å². The number of amides is 3. The lowest BCUT2D eigenvalue weighted by atomic mass is 10.3. The number of anilines is 1. The van der Waals surface area contributed by atoms with E-state index < -0.39 is 5.82 Å². The molecular weight excluding hydrogens is 511 g/mol. The number of nitrogens with zero attached hydrogens (tertiary/aromatic N) is 5. The number of fused-ring (bicyclic) bond motifs is 1. The van der Waals surface area contributed by atoms with E-state index in [1.807, 2.05) is 11.0 Å². The minimum atomic E-state index is -0.604. The van der Waals surface area contributed by atoms with Gasteiger partial charge in [-0.05, 0) is 31.0 Å². The SMILES string of the molecule is O=C(Nc1ccc(Oc2ccnc3cc(-c4cn(CC(=O)N5CCNCC5)nn4)sc23)c(F)c1)NC1CC1. The van der Waals surface area contributed by atoms with Crippen LogP contribution in [0.2, 0.25) is 0 Å². The van der Waals surface area contributed by atoms with Crippen molar-refractivity contribution in [3.05, 3.63) is 48.5 Å². The first-order valence-electron chi connectivity index (χ1n) is 12.3. The van der Waals surface area contributed by atoms with Crippen molar-refractivity contribution in [1.82, 2.24) is 35.5 Å². The number of carbonyl (C=O) groups excluding carboxylic acids is 2. The molecule has 6 rings (SSSR count). The summed E-state index contributed by atoms with van der Waals surface area (Å²) in [7, 11) is 0. The zero-order valence-corrected chi connectivity index (χ0v) is 21.1. The van der Waals surface area contributed by atoms with Gasteiger partial charge in [-0.15, -0.1) is 16.4 Å². The molecule has 196 valence electrons. The van der Waals surface area contributed by atoms with Gasteiger partial charge in [0.25, 0.3) is 0 Å². The summed E-state index contributed by atoms with van der Waals surface area (Å²) < 4.78 is 23.0. The number of carbonyl (C=O) groups is 2.